The average Bonchev–Trinajstić information content (AvgIpc) is 3.10. The molecule has 25 heavy (non-hydrogen) atoms. The molecular formula is C16H13F3N4OS. The first-order chi connectivity index (χ1) is 11.9. The molecule has 0 saturated heterocycles. The minimum absolute atomic E-state index is 0.0765. The van der Waals surface area contributed by atoms with Gasteiger partial charge in [-0.25, -0.2) is 15.0 Å². The number of amides is 1. The lowest BCUT2D eigenvalue weighted by atomic mass is 10.1. The maximum absolute atomic E-state index is 12.6. The SMILES string of the molecule is O=C(CSc1nccc(C(F)(F)F)n1)N1CCC(c2ccccc2)=N1. The molecular weight excluding hydrogens is 353 g/mol. The molecule has 1 aromatic carbocycles. The summed E-state index contributed by atoms with van der Waals surface area (Å²) in [4.78, 5) is 19.4. The zero-order chi connectivity index (χ0) is 17.9. The van der Waals surface area contributed by atoms with Gasteiger partial charge in [-0.3, -0.25) is 4.79 Å². The van der Waals surface area contributed by atoms with Crippen LogP contribution in [0.1, 0.15) is 17.7 Å². The van der Waals surface area contributed by atoms with Crippen molar-refractivity contribution in [3.8, 4) is 0 Å². The van der Waals surface area contributed by atoms with Crippen LogP contribution in [0.3, 0.4) is 0 Å². The Balaban J connectivity index is 1.61. The van der Waals surface area contributed by atoms with Crippen molar-refractivity contribution < 1.29 is 18.0 Å². The number of hydrogen-bond donors (Lipinski definition) is 0. The largest absolute Gasteiger partial charge is 0.433 e. The summed E-state index contributed by atoms with van der Waals surface area (Å²) in [5, 5.41) is 5.54. The first-order valence-corrected chi connectivity index (χ1v) is 8.38. The van der Waals surface area contributed by atoms with E-state index in [0.29, 0.717) is 13.0 Å². The molecule has 0 aliphatic carbocycles. The van der Waals surface area contributed by atoms with E-state index in [1.165, 1.54) is 5.01 Å². The van der Waals surface area contributed by atoms with Crippen molar-refractivity contribution in [1.82, 2.24) is 15.0 Å². The number of nitrogens with zero attached hydrogens (tertiary/aromatic N) is 4. The molecule has 0 atom stereocenters. The minimum atomic E-state index is -4.54. The van der Waals surface area contributed by atoms with Gasteiger partial charge in [0, 0.05) is 12.6 Å². The third kappa shape index (κ3) is 4.36. The van der Waals surface area contributed by atoms with Crippen LogP contribution in [0.4, 0.5) is 13.2 Å². The van der Waals surface area contributed by atoms with E-state index in [4.69, 9.17) is 0 Å². The standard InChI is InChI=1S/C16H13F3N4OS/c17-16(18,19)13-6-8-20-15(21-13)25-10-14(24)23-9-7-12(22-23)11-4-2-1-3-5-11/h1-6,8H,7,9-10H2. The van der Waals surface area contributed by atoms with Gasteiger partial charge < -0.3 is 0 Å². The molecule has 2 aromatic rings. The lowest BCUT2D eigenvalue weighted by Gasteiger charge is -2.11. The average molecular weight is 366 g/mol. The number of carbonyl (C=O) groups is 1. The summed E-state index contributed by atoms with van der Waals surface area (Å²) < 4.78 is 37.9. The van der Waals surface area contributed by atoms with Crippen molar-refractivity contribution in [3.05, 3.63) is 53.9 Å². The molecule has 5 nitrogen and oxygen atoms in total. The Morgan fingerprint density at radius 3 is 2.68 bits per heavy atom. The predicted molar refractivity (Wildman–Crippen MR) is 87.1 cm³/mol. The van der Waals surface area contributed by atoms with Crippen LogP contribution in [0.5, 0.6) is 0 Å². The number of benzene rings is 1. The maximum atomic E-state index is 12.6. The van der Waals surface area contributed by atoms with Crippen LogP contribution >= 0.6 is 11.8 Å². The number of hydrazone groups is 1. The highest BCUT2D eigenvalue weighted by atomic mass is 32.2. The Hall–Kier alpha value is -2.42. The molecule has 0 bridgehead atoms. The van der Waals surface area contributed by atoms with E-state index < -0.39 is 11.9 Å². The van der Waals surface area contributed by atoms with E-state index in [0.717, 1.165) is 35.3 Å². The highest BCUT2D eigenvalue weighted by Crippen LogP contribution is 2.28. The zero-order valence-electron chi connectivity index (χ0n) is 12.9. The van der Waals surface area contributed by atoms with Crippen LogP contribution in [0.2, 0.25) is 0 Å². The quantitative estimate of drug-likeness (QED) is 0.616. The van der Waals surface area contributed by atoms with Crippen LogP contribution in [0.25, 0.3) is 0 Å². The van der Waals surface area contributed by atoms with Gasteiger partial charge in [0.2, 0.25) is 0 Å². The lowest BCUT2D eigenvalue weighted by molar-refractivity contribution is -0.141. The normalized spacial score (nSPS) is 14.5. The summed E-state index contributed by atoms with van der Waals surface area (Å²) in [7, 11) is 0. The van der Waals surface area contributed by atoms with Crippen LogP contribution in [-0.4, -0.2) is 38.9 Å². The fraction of sp³-hybridized carbons (Fsp3) is 0.250. The molecule has 0 radical (unpaired) electrons. The van der Waals surface area contributed by atoms with Gasteiger partial charge in [0.1, 0.15) is 5.69 Å². The van der Waals surface area contributed by atoms with Gasteiger partial charge in [-0.2, -0.15) is 18.3 Å². The van der Waals surface area contributed by atoms with Crippen LogP contribution in [0.15, 0.2) is 52.9 Å². The minimum Gasteiger partial charge on any atom is -0.272 e. The van der Waals surface area contributed by atoms with Gasteiger partial charge in [0.15, 0.2) is 5.16 Å². The molecule has 0 N–H and O–H groups in total. The highest BCUT2D eigenvalue weighted by molar-refractivity contribution is 7.99. The van der Waals surface area contributed by atoms with Gasteiger partial charge in [-0.1, -0.05) is 42.1 Å². The van der Waals surface area contributed by atoms with E-state index in [9.17, 15) is 18.0 Å². The fourth-order valence-corrected chi connectivity index (χ4v) is 2.94. The number of aromatic nitrogens is 2. The van der Waals surface area contributed by atoms with E-state index in [1.54, 1.807) is 0 Å². The Morgan fingerprint density at radius 1 is 1.20 bits per heavy atom. The molecule has 9 heteroatoms. The van der Waals surface area contributed by atoms with Gasteiger partial charge in [0.05, 0.1) is 18.0 Å². The number of hydrogen-bond acceptors (Lipinski definition) is 5. The third-order valence-electron chi connectivity index (χ3n) is 3.45. The summed E-state index contributed by atoms with van der Waals surface area (Å²) in [6, 6.07) is 10.3. The second-order valence-electron chi connectivity index (χ2n) is 5.19. The molecule has 1 aromatic heterocycles. The molecule has 2 heterocycles. The summed E-state index contributed by atoms with van der Waals surface area (Å²) in [5.41, 5.74) is 0.740. The summed E-state index contributed by atoms with van der Waals surface area (Å²) in [6.45, 7) is 0.451. The highest BCUT2D eigenvalue weighted by Gasteiger charge is 2.33. The summed E-state index contributed by atoms with van der Waals surface area (Å²) in [6.07, 6.45) is -2.86. The second-order valence-corrected chi connectivity index (χ2v) is 6.13. The Bertz CT molecular complexity index is 795. The molecule has 1 amide bonds. The van der Waals surface area contributed by atoms with Crippen molar-refractivity contribution >= 4 is 23.4 Å². The Morgan fingerprint density at radius 2 is 1.96 bits per heavy atom. The van der Waals surface area contributed by atoms with Crippen molar-refractivity contribution in [2.24, 2.45) is 5.10 Å². The van der Waals surface area contributed by atoms with Crippen LogP contribution < -0.4 is 0 Å². The van der Waals surface area contributed by atoms with Crippen LogP contribution in [0, 0.1) is 0 Å². The van der Waals surface area contributed by atoms with Crippen LogP contribution in [-0.2, 0) is 11.0 Å². The molecule has 130 valence electrons. The molecule has 1 aliphatic rings. The van der Waals surface area contributed by atoms with E-state index >= 15 is 0 Å². The van der Waals surface area contributed by atoms with E-state index in [1.807, 2.05) is 30.3 Å². The first-order valence-electron chi connectivity index (χ1n) is 7.40. The molecule has 3 rings (SSSR count). The summed E-state index contributed by atoms with van der Waals surface area (Å²) >= 11 is 0.860. The van der Waals surface area contributed by atoms with E-state index in [2.05, 4.69) is 15.1 Å². The van der Waals surface area contributed by atoms with Crippen molar-refractivity contribution in [2.45, 2.75) is 17.8 Å². The lowest BCUT2D eigenvalue weighted by Crippen LogP contribution is -2.25. The number of rotatable bonds is 4. The number of thioether (sulfide) groups is 1. The molecule has 1 aliphatic heterocycles. The molecule has 0 saturated carbocycles. The zero-order valence-corrected chi connectivity index (χ0v) is 13.7. The van der Waals surface area contributed by atoms with Gasteiger partial charge in [-0.15, -0.1) is 0 Å². The first kappa shape index (κ1) is 17.4. The number of halogens is 3. The fourth-order valence-electron chi connectivity index (χ4n) is 2.24. The van der Waals surface area contributed by atoms with Gasteiger partial charge >= 0.3 is 6.18 Å². The maximum Gasteiger partial charge on any atom is 0.433 e. The van der Waals surface area contributed by atoms with Crippen molar-refractivity contribution in [3.63, 3.8) is 0 Å². The molecule has 0 fully saturated rings. The summed E-state index contributed by atoms with van der Waals surface area (Å²) in [5.74, 6) is -0.371. The Labute approximate surface area is 146 Å². The third-order valence-corrected chi connectivity index (χ3v) is 4.29. The Kier molecular flexibility index (Phi) is 5.03. The van der Waals surface area contributed by atoms with Gasteiger partial charge in [-0.05, 0) is 11.6 Å². The molecule has 0 spiro atoms. The predicted octanol–water partition coefficient (Wildman–Crippen LogP) is 3.22. The van der Waals surface area contributed by atoms with Crippen molar-refractivity contribution in [1.29, 1.82) is 0 Å². The topological polar surface area (TPSA) is 58.5 Å². The smallest absolute Gasteiger partial charge is 0.272 e. The van der Waals surface area contributed by atoms with E-state index in [-0.39, 0.29) is 16.8 Å². The van der Waals surface area contributed by atoms with Gasteiger partial charge in [0.25, 0.3) is 5.91 Å². The number of carbonyl (C=O) groups excluding carboxylic acids is 1. The monoisotopic (exact) mass is 366 g/mol. The second kappa shape index (κ2) is 7.22. The molecule has 0 unspecified atom stereocenters. The van der Waals surface area contributed by atoms with Crippen molar-refractivity contribution in [2.75, 3.05) is 12.3 Å². The number of alkyl halides is 3.